The van der Waals surface area contributed by atoms with Gasteiger partial charge in [0, 0.05) is 30.0 Å². The molecule has 1 aromatic carbocycles. The minimum absolute atomic E-state index is 0.355. The van der Waals surface area contributed by atoms with Crippen LogP contribution < -0.4 is 10.6 Å². The van der Waals surface area contributed by atoms with Gasteiger partial charge in [-0.05, 0) is 50.3 Å². The number of fused-ring (bicyclic) bond motifs is 2. The van der Waals surface area contributed by atoms with Gasteiger partial charge in [0.15, 0.2) is 0 Å². The van der Waals surface area contributed by atoms with E-state index in [-0.39, 0.29) is 5.97 Å². The van der Waals surface area contributed by atoms with E-state index in [0.29, 0.717) is 29.6 Å². The number of esters is 1. The van der Waals surface area contributed by atoms with E-state index in [2.05, 4.69) is 25.4 Å². The van der Waals surface area contributed by atoms with Gasteiger partial charge in [0.1, 0.15) is 0 Å². The fourth-order valence-corrected chi connectivity index (χ4v) is 4.65. The van der Waals surface area contributed by atoms with Crippen LogP contribution in [0.3, 0.4) is 0 Å². The molecule has 4 heterocycles. The Morgan fingerprint density at radius 2 is 1.90 bits per heavy atom. The number of hydrogen-bond acceptors (Lipinski definition) is 7. The number of anilines is 2. The molecule has 5 rings (SSSR count). The van der Waals surface area contributed by atoms with Crippen LogP contribution in [-0.4, -0.2) is 44.9 Å². The van der Waals surface area contributed by atoms with Crippen molar-refractivity contribution in [1.82, 2.24) is 25.1 Å². The van der Waals surface area contributed by atoms with Crippen LogP contribution in [0.4, 0.5) is 11.6 Å². The highest BCUT2D eigenvalue weighted by Gasteiger charge is 2.34. The van der Waals surface area contributed by atoms with Gasteiger partial charge in [0.25, 0.3) is 0 Å². The first kappa shape index (κ1) is 19.7. The summed E-state index contributed by atoms with van der Waals surface area (Å²) in [5.74, 6) is 0.162. The fraction of sp³-hybridized carbons (Fsp3) is 0.391. The molecule has 8 heteroatoms. The molecule has 0 saturated carbocycles. The van der Waals surface area contributed by atoms with E-state index in [1.807, 2.05) is 31.5 Å². The molecule has 2 aliphatic heterocycles. The molecule has 0 spiro atoms. The molecule has 8 nitrogen and oxygen atoms in total. The summed E-state index contributed by atoms with van der Waals surface area (Å²) < 4.78 is 6.84. The average Bonchev–Trinajstić information content (AvgIpc) is 3.40. The summed E-state index contributed by atoms with van der Waals surface area (Å²) in [5.41, 5.74) is 4.07. The fourth-order valence-electron chi connectivity index (χ4n) is 4.65. The number of methoxy groups -OCH3 is 1. The molecule has 1 unspecified atom stereocenters. The largest absolute Gasteiger partial charge is 0.465 e. The summed E-state index contributed by atoms with van der Waals surface area (Å²) >= 11 is 0. The van der Waals surface area contributed by atoms with Crippen LogP contribution in [0.2, 0.25) is 0 Å². The quantitative estimate of drug-likeness (QED) is 0.611. The molecule has 2 saturated heterocycles. The molecule has 2 bridgehead atoms. The van der Waals surface area contributed by atoms with Crippen molar-refractivity contribution in [3.05, 3.63) is 54.0 Å². The van der Waals surface area contributed by atoms with E-state index in [1.54, 1.807) is 18.3 Å². The maximum Gasteiger partial charge on any atom is 0.337 e. The molecule has 2 aromatic heterocycles. The van der Waals surface area contributed by atoms with Crippen LogP contribution in [0, 0.1) is 6.92 Å². The van der Waals surface area contributed by atoms with Crippen molar-refractivity contribution in [2.45, 2.75) is 50.7 Å². The molecule has 0 aliphatic carbocycles. The lowest BCUT2D eigenvalue weighted by molar-refractivity contribution is 0.0600. The third-order valence-corrected chi connectivity index (χ3v) is 6.23. The predicted octanol–water partition coefficient (Wildman–Crippen LogP) is 3.63. The monoisotopic (exact) mass is 418 g/mol. The zero-order chi connectivity index (χ0) is 21.4. The predicted molar refractivity (Wildman–Crippen MR) is 117 cm³/mol. The van der Waals surface area contributed by atoms with Gasteiger partial charge in [-0.15, -0.1) is 0 Å². The smallest absolute Gasteiger partial charge is 0.337 e. The van der Waals surface area contributed by atoms with Crippen molar-refractivity contribution in [1.29, 1.82) is 0 Å². The van der Waals surface area contributed by atoms with Gasteiger partial charge >= 0.3 is 5.97 Å². The second-order valence-corrected chi connectivity index (χ2v) is 8.39. The zero-order valence-corrected chi connectivity index (χ0v) is 17.7. The number of ether oxygens (including phenoxy) is 1. The van der Waals surface area contributed by atoms with Crippen LogP contribution >= 0.6 is 0 Å². The van der Waals surface area contributed by atoms with E-state index in [0.717, 1.165) is 35.3 Å². The Hall–Kier alpha value is -3.26. The van der Waals surface area contributed by atoms with E-state index in [1.165, 1.54) is 20.0 Å². The molecule has 0 radical (unpaired) electrons. The van der Waals surface area contributed by atoms with Gasteiger partial charge in [0.05, 0.1) is 36.3 Å². The van der Waals surface area contributed by atoms with Crippen molar-refractivity contribution in [2.75, 3.05) is 12.4 Å². The third-order valence-electron chi connectivity index (χ3n) is 6.23. The lowest BCUT2D eigenvalue weighted by atomic mass is 10.0. The number of carbonyl (C=O) groups is 1. The summed E-state index contributed by atoms with van der Waals surface area (Å²) in [4.78, 5) is 20.8. The third kappa shape index (κ3) is 4.03. The summed E-state index contributed by atoms with van der Waals surface area (Å²) in [5, 5.41) is 11.5. The SMILES string of the molecule is COC(=O)c1ccc(-c2nc(Nc3cnn(C4C[C@H]5CC[C@@H](C4)N5)c3)ncc2C)cc1. The molecule has 2 N–H and O–H groups in total. The molecular weight excluding hydrogens is 392 g/mol. The number of nitrogens with zero attached hydrogens (tertiary/aromatic N) is 4. The van der Waals surface area contributed by atoms with E-state index >= 15 is 0 Å². The molecule has 160 valence electrons. The van der Waals surface area contributed by atoms with Gasteiger partial charge in [-0.1, -0.05) is 12.1 Å². The Kier molecular flexibility index (Phi) is 5.15. The molecular formula is C23H26N6O2. The van der Waals surface area contributed by atoms with E-state index in [9.17, 15) is 4.79 Å². The Morgan fingerprint density at radius 3 is 2.61 bits per heavy atom. The molecule has 31 heavy (non-hydrogen) atoms. The first-order valence-electron chi connectivity index (χ1n) is 10.7. The van der Waals surface area contributed by atoms with E-state index < -0.39 is 0 Å². The molecule has 2 aliphatic rings. The maximum atomic E-state index is 11.7. The van der Waals surface area contributed by atoms with Gasteiger partial charge in [-0.25, -0.2) is 14.8 Å². The zero-order valence-electron chi connectivity index (χ0n) is 17.7. The number of rotatable bonds is 5. The highest BCUT2D eigenvalue weighted by molar-refractivity contribution is 5.89. The van der Waals surface area contributed by atoms with Crippen molar-refractivity contribution < 1.29 is 9.53 Å². The molecule has 2 fully saturated rings. The highest BCUT2D eigenvalue weighted by Crippen LogP contribution is 2.34. The number of benzene rings is 1. The van der Waals surface area contributed by atoms with Gasteiger partial charge in [0.2, 0.25) is 5.95 Å². The molecule has 0 amide bonds. The topological polar surface area (TPSA) is 94.0 Å². The van der Waals surface area contributed by atoms with Crippen LogP contribution in [0.15, 0.2) is 42.9 Å². The van der Waals surface area contributed by atoms with Crippen LogP contribution in [-0.2, 0) is 4.74 Å². The average molecular weight is 419 g/mol. The molecule has 3 atom stereocenters. The highest BCUT2D eigenvalue weighted by atomic mass is 16.5. The minimum atomic E-state index is -0.355. The Balaban J connectivity index is 1.33. The number of nitrogens with one attached hydrogen (secondary N) is 2. The molecule has 3 aromatic rings. The van der Waals surface area contributed by atoms with Crippen LogP contribution in [0.25, 0.3) is 11.3 Å². The number of carbonyl (C=O) groups excluding carboxylic acids is 1. The standard InChI is InChI=1S/C23H26N6O2/c1-14-11-24-23(28-21(14)15-3-5-16(6-4-15)22(30)31-2)27-19-12-25-29(13-19)20-9-17-7-8-18(10-20)26-17/h3-6,11-13,17-18,20,26H,7-10H2,1-2H3,(H,24,27,28)/t17-,18+,20?. The summed E-state index contributed by atoms with van der Waals surface area (Å²) in [6, 6.07) is 8.91. The summed E-state index contributed by atoms with van der Waals surface area (Å²) in [6.07, 6.45) is 10.5. The number of piperidine rings is 1. The normalized spacial score (nSPS) is 22.3. The van der Waals surface area contributed by atoms with Crippen molar-refractivity contribution in [3.8, 4) is 11.3 Å². The lowest BCUT2D eigenvalue weighted by Crippen LogP contribution is -2.38. The first-order valence-corrected chi connectivity index (χ1v) is 10.7. The Morgan fingerprint density at radius 1 is 1.16 bits per heavy atom. The van der Waals surface area contributed by atoms with Gasteiger partial charge < -0.3 is 15.4 Å². The van der Waals surface area contributed by atoms with E-state index in [4.69, 9.17) is 9.72 Å². The van der Waals surface area contributed by atoms with Crippen molar-refractivity contribution in [3.63, 3.8) is 0 Å². The number of aryl methyl sites for hydroxylation is 1. The van der Waals surface area contributed by atoms with Gasteiger partial charge in [-0.3, -0.25) is 4.68 Å². The first-order chi connectivity index (χ1) is 15.1. The second-order valence-electron chi connectivity index (χ2n) is 8.39. The Bertz CT molecular complexity index is 1080. The minimum Gasteiger partial charge on any atom is -0.465 e. The number of hydrogen-bond donors (Lipinski definition) is 2. The van der Waals surface area contributed by atoms with Gasteiger partial charge in [-0.2, -0.15) is 5.10 Å². The summed E-state index contributed by atoms with van der Waals surface area (Å²) in [7, 11) is 1.38. The van der Waals surface area contributed by atoms with Crippen LogP contribution in [0.5, 0.6) is 0 Å². The van der Waals surface area contributed by atoms with Crippen molar-refractivity contribution >= 4 is 17.6 Å². The number of aromatic nitrogens is 4. The summed E-state index contributed by atoms with van der Waals surface area (Å²) in [6.45, 7) is 1.97. The van der Waals surface area contributed by atoms with Crippen LogP contribution in [0.1, 0.15) is 47.6 Å². The van der Waals surface area contributed by atoms with Crippen molar-refractivity contribution in [2.24, 2.45) is 0 Å². The maximum absolute atomic E-state index is 11.7. The lowest BCUT2D eigenvalue weighted by Gasteiger charge is -2.29. The second kappa shape index (κ2) is 8.11. The Labute approximate surface area is 181 Å².